The Kier molecular flexibility index (Phi) is 4.51. The summed E-state index contributed by atoms with van der Waals surface area (Å²) in [6, 6.07) is 7.69. The van der Waals surface area contributed by atoms with Crippen LogP contribution in [0.25, 0.3) is 16.7 Å². The topological polar surface area (TPSA) is 89.7 Å². The summed E-state index contributed by atoms with van der Waals surface area (Å²) >= 11 is 0. The van der Waals surface area contributed by atoms with Crippen molar-refractivity contribution in [2.75, 3.05) is 11.9 Å². The molecule has 9 heteroatoms. The molecule has 0 radical (unpaired) electrons. The lowest BCUT2D eigenvalue weighted by atomic mass is 10.0. The first-order valence-electron chi connectivity index (χ1n) is 9.83. The number of rotatable bonds is 4. The summed E-state index contributed by atoms with van der Waals surface area (Å²) in [5.74, 6) is -0.199. The molecule has 0 unspecified atom stereocenters. The zero-order valence-electron chi connectivity index (χ0n) is 16.4. The van der Waals surface area contributed by atoms with Gasteiger partial charge in [0, 0.05) is 31.2 Å². The van der Waals surface area contributed by atoms with Crippen LogP contribution in [0.5, 0.6) is 0 Å². The molecule has 2 N–H and O–H groups in total. The summed E-state index contributed by atoms with van der Waals surface area (Å²) in [7, 11) is 0. The lowest BCUT2D eigenvalue weighted by Gasteiger charge is -2.18. The Labute approximate surface area is 171 Å². The number of fused-ring (bicyclic) bond motifs is 2. The lowest BCUT2D eigenvalue weighted by Crippen LogP contribution is -2.23. The number of nitrogens with zero attached hydrogens (tertiary/aromatic N) is 5. The molecule has 152 valence electrons. The molecular formula is C21H20FN7O. The predicted molar refractivity (Wildman–Crippen MR) is 112 cm³/mol. The SMILES string of the molecule is CCn1c(=O)c2cnc(Nc3ccc4c(c3)CNCC4)nc2n1-c1ccncc1F. The first-order chi connectivity index (χ1) is 14.7. The minimum Gasteiger partial charge on any atom is -0.324 e. The summed E-state index contributed by atoms with van der Waals surface area (Å²) in [5, 5.41) is 6.89. The summed E-state index contributed by atoms with van der Waals surface area (Å²) in [6.45, 7) is 3.99. The van der Waals surface area contributed by atoms with Crippen molar-refractivity contribution in [3.05, 3.63) is 70.2 Å². The number of halogens is 1. The highest BCUT2D eigenvalue weighted by Crippen LogP contribution is 2.23. The van der Waals surface area contributed by atoms with E-state index in [1.54, 1.807) is 0 Å². The maximum absolute atomic E-state index is 14.5. The van der Waals surface area contributed by atoms with E-state index in [4.69, 9.17) is 0 Å². The Morgan fingerprint density at radius 1 is 1.23 bits per heavy atom. The van der Waals surface area contributed by atoms with Gasteiger partial charge in [0.25, 0.3) is 5.56 Å². The van der Waals surface area contributed by atoms with Gasteiger partial charge in [0.15, 0.2) is 11.5 Å². The number of hydrogen-bond donors (Lipinski definition) is 2. The van der Waals surface area contributed by atoms with Crippen molar-refractivity contribution in [2.24, 2.45) is 0 Å². The monoisotopic (exact) mass is 405 g/mol. The van der Waals surface area contributed by atoms with E-state index < -0.39 is 5.82 Å². The zero-order chi connectivity index (χ0) is 20.7. The quantitative estimate of drug-likeness (QED) is 0.542. The van der Waals surface area contributed by atoms with Crippen LogP contribution in [0.15, 0.2) is 47.7 Å². The van der Waals surface area contributed by atoms with Crippen LogP contribution in [0.1, 0.15) is 18.1 Å². The highest BCUT2D eigenvalue weighted by Gasteiger charge is 2.19. The normalized spacial score (nSPS) is 13.4. The molecule has 0 bridgehead atoms. The van der Waals surface area contributed by atoms with Gasteiger partial charge in [0.2, 0.25) is 5.95 Å². The zero-order valence-corrected chi connectivity index (χ0v) is 16.4. The van der Waals surface area contributed by atoms with Crippen LogP contribution >= 0.6 is 0 Å². The van der Waals surface area contributed by atoms with E-state index in [-0.39, 0.29) is 11.2 Å². The van der Waals surface area contributed by atoms with E-state index in [1.807, 2.05) is 13.0 Å². The fourth-order valence-corrected chi connectivity index (χ4v) is 3.85. The molecule has 1 aliphatic rings. The van der Waals surface area contributed by atoms with Crippen molar-refractivity contribution in [3.8, 4) is 5.69 Å². The van der Waals surface area contributed by atoms with E-state index in [1.165, 1.54) is 39.0 Å². The first kappa shape index (κ1) is 18.4. The highest BCUT2D eigenvalue weighted by molar-refractivity contribution is 5.77. The van der Waals surface area contributed by atoms with Crippen molar-refractivity contribution < 1.29 is 4.39 Å². The Bertz CT molecular complexity index is 1310. The maximum atomic E-state index is 14.5. The number of pyridine rings is 1. The van der Waals surface area contributed by atoms with Crippen molar-refractivity contribution in [3.63, 3.8) is 0 Å². The Balaban J connectivity index is 1.61. The molecule has 5 rings (SSSR count). The Morgan fingerprint density at radius 2 is 2.13 bits per heavy atom. The largest absolute Gasteiger partial charge is 0.324 e. The fraction of sp³-hybridized carbons (Fsp3) is 0.238. The van der Waals surface area contributed by atoms with E-state index in [0.29, 0.717) is 23.5 Å². The highest BCUT2D eigenvalue weighted by atomic mass is 19.1. The summed E-state index contributed by atoms with van der Waals surface area (Å²) in [4.78, 5) is 25.4. The number of hydrogen-bond acceptors (Lipinski definition) is 6. The molecule has 3 aromatic heterocycles. The van der Waals surface area contributed by atoms with Gasteiger partial charge in [-0.05, 0) is 49.2 Å². The van der Waals surface area contributed by atoms with Gasteiger partial charge in [0.05, 0.1) is 6.20 Å². The molecule has 1 aliphatic heterocycles. The van der Waals surface area contributed by atoms with Gasteiger partial charge in [-0.1, -0.05) is 6.07 Å². The standard InChI is InChI=1S/C21H20FN7O/c1-2-28-20(30)16-11-25-21(26-15-4-3-13-5-7-23-10-14(13)9-15)27-19(16)29(28)18-6-8-24-12-17(18)22/h3-4,6,8-9,11-12,23H,2,5,7,10H2,1H3,(H,25,26,27). The van der Waals surface area contributed by atoms with Crippen molar-refractivity contribution in [1.82, 2.24) is 29.6 Å². The van der Waals surface area contributed by atoms with Gasteiger partial charge >= 0.3 is 0 Å². The van der Waals surface area contributed by atoms with Crippen LogP contribution in [-0.2, 0) is 19.5 Å². The minimum absolute atomic E-state index is 0.212. The molecule has 0 fully saturated rings. The van der Waals surface area contributed by atoms with E-state index in [2.05, 4.69) is 37.7 Å². The van der Waals surface area contributed by atoms with E-state index >= 15 is 0 Å². The van der Waals surface area contributed by atoms with Crippen LogP contribution in [0.2, 0.25) is 0 Å². The third-order valence-corrected chi connectivity index (χ3v) is 5.30. The molecule has 4 heterocycles. The van der Waals surface area contributed by atoms with Crippen molar-refractivity contribution >= 4 is 22.7 Å². The van der Waals surface area contributed by atoms with Gasteiger partial charge in [-0.25, -0.2) is 18.7 Å². The molecule has 8 nitrogen and oxygen atoms in total. The number of aromatic nitrogens is 5. The third kappa shape index (κ3) is 3.03. The second-order valence-electron chi connectivity index (χ2n) is 7.13. The van der Waals surface area contributed by atoms with Crippen molar-refractivity contribution in [2.45, 2.75) is 26.4 Å². The first-order valence-corrected chi connectivity index (χ1v) is 9.83. The molecule has 0 amide bonds. The van der Waals surface area contributed by atoms with Crippen LogP contribution in [0.4, 0.5) is 16.0 Å². The van der Waals surface area contributed by atoms with Crippen LogP contribution in [-0.4, -0.2) is 30.9 Å². The molecule has 0 saturated heterocycles. The molecule has 30 heavy (non-hydrogen) atoms. The van der Waals surface area contributed by atoms with Gasteiger partial charge < -0.3 is 10.6 Å². The van der Waals surface area contributed by atoms with Gasteiger partial charge in [-0.3, -0.25) is 9.78 Å². The fourth-order valence-electron chi connectivity index (χ4n) is 3.85. The Hall–Kier alpha value is -3.59. The van der Waals surface area contributed by atoms with E-state index in [0.717, 1.165) is 31.4 Å². The summed E-state index contributed by atoms with van der Waals surface area (Å²) in [6.07, 6.45) is 5.09. The smallest absolute Gasteiger partial charge is 0.278 e. The van der Waals surface area contributed by atoms with Gasteiger partial charge in [0.1, 0.15) is 11.1 Å². The van der Waals surface area contributed by atoms with Gasteiger partial charge in [-0.2, -0.15) is 4.98 Å². The van der Waals surface area contributed by atoms with Crippen molar-refractivity contribution in [1.29, 1.82) is 0 Å². The maximum Gasteiger partial charge on any atom is 0.278 e. The van der Waals surface area contributed by atoms with E-state index in [9.17, 15) is 9.18 Å². The summed E-state index contributed by atoms with van der Waals surface area (Å²) in [5.41, 5.74) is 3.70. The minimum atomic E-state index is -0.535. The third-order valence-electron chi connectivity index (χ3n) is 5.30. The molecule has 4 aromatic rings. The molecule has 1 aromatic carbocycles. The predicted octanol–water partition coefficient (Wildman–Crippen LogP) is 2.53. The average Bonchev–Trinajstić information content (AvgIpc) is 3.05. The number of benzene rings is 1. The molecule has 0 atom stereocenters. The number of nitrogens with one attached hydrogen (secondary N) is 2. The van der Waals surface area contributed by atoms with Crippen LogP contribution in [0, 0.1) is 5.82 Å². The molecule has 0 aliphatic carbocycles. The second kappa shape index (κ2) is 7.34. The molecule has 0 spiro atoms. The molecule has 0 saturated carbocycles. The summed E-state index contributed by atoms with van der Waals surface area (Å²) < 4.78 is 17.4. The van der Waals surface area contributed by atoms with Crippen LogP contribution < -0.4 is 16.2 Å². The van der Waals surface area contributed by atoms with Crippen LogP contribution in [0.3, 0.4) is 0 Å². The second-order valence-corrected chi connectivity index (χ2v) is 7.13. The lowest BCUT2D eigenvalue weighted by molar-refractivity contribution is 0.542. The molecular weight excluding hydrogens is 385 g/mol. The van der Waals surface area contributed by atoms with Gasteiger partial charge in [-0.15, -0.1) is 0 Å². The number of anilines is 2. The Morgan fingerprint density at radius 3 is 2.97 bits per heavy atom. The average molecular weight is 405 g/mol.